The Kier molecular flexibility index (Phi) is 5.37. The number of nitrogens with zero attached hydrogens (tertiary/aromatic N) is 3. The van der Waals surface area contributed by atoms with Crippen LogP contribution in [0.4, 0.5) is 11.4 Å². The first-order valence-corrected chi connectivity index (χ1v) is 9.95. The highest BCUT2D eigenvalue weighted by molar-refractivity contribution is 5.98. The van der Waals surface area contributed by atoms with Gasteiger partial charge in [-0.25, -0.2) is 14.8 Å². The van der Waals surface area contributed by atoms with Crippen LogP contribution in [-0.4, -0.2) is 40.9 Å². The van der Waals surface area contributed by atoms with Gasteiger partial charge in [0.1, 0.15) is 0 Å². The predicted octanol–water partition coefficient (Wildman–Crippen LogP) is 2.95. The van der Waals surface area contributed by atoms with Gasteiger partial charge in [0.05, 0.1) is 28.0 Å². The number of amides is 2. The van der Waals surface area contributed by atoms with Crippen LogP contribution in [0.25, 0.3) is 11.0 Å². The van der Waals surface area contributed by atoms with Gasteiger partial charge in [0.2, 0.25) is 5.91 Å². The molecule has 0 saturated heterocycles. The highest BCUT2D eigenvalue weighted by atomic mass is 16.5. The van der Waals surface area contributed by atoms with E-state index in [4.69, 9.17) is 4.74 Å². The number of hydrogen-bond acceptors (Lipinski definition) is 6. The number of fused-ring (bicyclic) bond motifs is 2. The topological polar surface area (TPSA) is 101 Å². The number of benzene rings is 2. The first kappa shape index (κ1) is 20.5. The second-order valence-electron chi connectivity index (χ2n) is 7.49. The van der Waals surface area contributed by atoms with Crippen molar-refractivity contribution in [2.75, 3.05) is 23.4 Å². The van der Waals surface area contributed by atoms with Gasteiger partial charge < -0.3 is 15.0 Å². The molecule has 158 valence electrons. The number of esters is 1. The van der Waals surface area contributed by atoms with Crippen LogP contribution in [-0.2, 0) is 20.7 Å². The zero-order valence-corrected chi connectivity index (χ0v) is 17.6. The lowest BCUT2D eigenvalue weighted by molar-refractivity contribution is -0.119. The van der Waals surface area contributed by atoms with Gasteiger partial charge in [-0.2, -0.15) is 0 Å². The summed E-state index contributed by atoms with van der Waals surface area (Å²) in [6.45, 7) is 5.49. The molecule has 0 atom stereocenters. The number of ether oxygens (including phenoxy) is 1. The van der Waals surface area contributed by atoms with Gasteiger partial charge >= 0.3 is 5.97 Å². The fourth-order valence-electron chi connectivity index (χ4n) is 3.58. The molecule has 0 saturated carbocycles. The molecule has 31 heavy (non-hydrogen) atoms. The second-order valence-corrected chi connectivity index (χ2v) is 7.49. The monoisotopic (exact) mass is 418 g/mol. The van der Waals surface area contributed by atoms with Crippen molar-refractivity contribution in [3.05, 3.63) is 58.9 Å². The number of nitrogens with one attached hydrogen (secondary N) is 1. The zero-order chi connectivity index (χ0) is 22.1. The van der Waals surface area contributed by atoms with E-state index in [1.54, 1.807) is 29.2 Å². The summed E-state index contributed by atoms with van der Waals surface area (Å²) in [5.74, 6) is -1.06. The van der Waals surface area contributed by atoms with Crippen molar-refractivity contribution >= 4 is 40.2 Å². The summed E-state index contributed by atoms with van der Waals surface area (Å²) >= 11 is 0. The van der Waals surface area contributed by atoms with E-state index in [0.717, 1.165) is 29.1 Å². The van der Waals surface area contributed by atoms with Crippen molar-refractivity contribution in [2.45, 2.75) is 27.2 Å². The molecule has 8 heteroatoms. The Hall–Kier alpha value is -3.81. The van der Waals surface area contributed by atoms with Crippen molar-refractivity contribution in [1.82, 2.24) is 9.97 Å². The Morgan fingerprint density at radius 2 is 1.77 bits per heavy atom. The van der Waals surface area contributed by atoms with Crippen LogP contribution in [0.1, 0.15) is 34.2 Å². The maximum absolute atomic E-state index is 12.4. The minimum Gasteiger partial charge on any atom is -0.452 e. The molecule has 0 bridgehead atoms. The summed E-state index contributed by atoms with van der Waals surface area (Å²) in [4.78, 5) is 46.8. The highest BCUT2D eigenvalue weighted by Gasteiger charge is 2.22. The number of aromatic nitrogens is 2. The first-order chi connectivity index (χ1) is 14.8. The number of carbonyl (C=O) groups excluding carboxylic acids is 3. The van der Waals surface area contributed by atoms with E-state index in [1.807, 2.05) is 26.0 Å². The van der Waals surface area contributed by atoms with Crippen LogP contribution in [0.2, 0.25) is 0 Å². The van der Waals surface area contributed by atoms with E-state index in [0.29, 0.717) is 28.8 Å². The van der Waals surface area contributed by atoms with Crippen LogP contribution in [0.15, 0.2) is 36.4 Å². The van der Waals surface area contributed by atoms with Crippen LogP contribution in [0, 0.1) is 13.8 Å². The third-order valence-electron chi connectivity index (χ3n) is 5.28. The molecule has 1 aliphatic heterocycles. The van der Waals surface area contributed by atoms with E-state index in [2.05, 4.69) is 15.3 Å². The van der Waals surface area contributed by atoms with Crippen LogP contribution < -0.4 is 10.2 Å². The van der Waals surface area contributed by atoms with E-state index in [1.165, 1.54) is 6.92 Å². The van der Waals surface area contributed by atoms with Crippen molar-refractivity contribution < 1.29 is 19.1 Å². The SMILES string of the molecule is CC(=O)N1CCc2cc(NC(=O)COC(=O)c3ccc4nc(C)c(C)nc4c3)ccc21. The van der Waals surface area contributed by atoms with E-state index >= 15 is 0 Å². The number of rotatable bonds is 4. The molecule has 0 radical (unpaired) electrons. The van der Waals surface area contributed by atoms with Gasteiger partial charge in [0, 0.05) is 24.8 Å². The summed E-state index contributed by atoms with van der Waals surface area (Å²) in [6.07, 6.45) is 0.734. The molecule has 0 unspecified atom stereocenters. The molecule has 0 aliphatic carbocycles. The lowest BCUT2D eigenvalue weighted by atomic mass is 10.1. The molecule has 1 aliphatic rings. The number of aryl methyl sites for hydroxylation is 2. The van der Waals surface area contributed by atoms with Gasteiger partial charge in [-0.1, -0.05) is 0 Å². The average Bonchev–Trinajstić information content (AvgIpc) is 3.16. The van der Waals surface area contributed by atoms with E-state index < -0.39 is 18.5 Å². The number of anilines is 2. The molecule has 3 aromatic rings. The standard InChI is InChI=1S/C23H22N4O4/c1-13-14(2)25-20-11-17(4-6-19(20)24-13)23(30)31-12-22(29)26-18-5-7-21-16(10-18)8-9-27(21)15(3)28/h4-7,10-11H,8-9,12H2,1-3H3,(H,26,29). The second kappa shape index (κ2) is 8.14. The molecule has 1 aromatic heterocycles. The maximum Gasteiger partial charge on any atom is 0.338 e. The predicted molar refractivity (Wildman–Crippen MR) is 116 cm³/mol. The normalized spacial score (nSPS) is 12.5. The van der Waals surface area contributed by atoms with Gasteiger partial charge in [-0.15, -0.1) is 0 Å². The third kappa shape index (κ3) is 4.23. The molecule has 8 nitrogen and oxygen atoms in total. The Labute approximate surface area is 179 Å². The summed E-state index contributed by atoms with van der Waals surface area (Å²) in [6, 6.07) is 10.3. The maximum atomic E-state index is 12.4. The van der Waals surface area contributed by atoms with Gasteiger partial charge in [-0.05, 0) is 62.2 Å². The van der Waals surface area contributed by atoms with Gasteiger partial charge in [-0.3, -0.25) is 9.59 Å². The molecule has 0 fully saturated rings. The van der Waals surface area contributed by atoms with E-state index in [9.17, 15) is 14.4 Å². The Bertz CT molecular complexity index is 1220. The molecule has 2 amide bonds. The molecule has 1 N–H and O–H groups in total. The first-order valence-electron chi connectivity index (χ1n) is 9.95. The molecule has 0 spiro atoms. The fourth-order valence-corrected chi connectivity index (χ4v) is 3.58. The third-order valence-corrected chi connectivity index (χ3v) is 5.28. The highest BCUT2D eigenvalue weighted by Crippen LogP contribution is 2.30. The summed E-state index contributed by atoms with van der Waals surface area (Å²) < 4.78 is 5.15. The Morgan fingerprint density at radius 3 is 2.52 bits per heavy atom. The van der Waals surface area contributed by atoms with Gasteiger partial charge in [0.15, 0.2) is 6.61 Å². The van der Waals surface area contributed by atoms with Crippen LogP contribution in [0.3, 0.4) is 0 Å². The van der Waals surface area contributed by atoms with Crippen molar-refractivity contribution in [3.63, 3.8) is 0 Å². The van der Waals surface area contributed by atoms with E-state index in [-0.39, 0.29) is 5.91 Å². The zero-order valence-electron chi connectivity index (χ0n) is 17.6. The smallest absolute Gasteiger partial charge is 0.338 e. The Morgan fingerprint density at radius 1 is 1.03 bits per heavy atom. The lowest BCUT2D eigenvalue weighted by Gasteiger charge is -2.15. The molecular weight excluding hydrogens is 396 g/mol. The molecular formula is C23H22N4O4. The Balaban J connectivity index is 1.38. The summed E-state index contributed by atoms with van der Waals surface area (Å²) in [5.41, 5.74) is 5.67. The molecule has 4 rings (SSSR count). The minimum atomic E-state index is -0.608. The van der Waals surface area contributed by atoms with Crippen LogP contribution in [0.5, 0.6) is 0 Å². The van der Waals surface area contributed by atoms with Crippen LogP contribution >= 0.6 is 0 Å². The quantitative estimate of drug-likeness (QED) is 0.654. The summed E-state index contributed by atoms with van der Waals surface area (Å²) in [5, 5.41) is 2.72. The summed E-state index contributed by atoms with van der Waals surface area (Å²) in [7, 11) is 0. The van der Waals surface area contributed by atoms with Gasteiger partial charge in [0.25, 0.3) is 5.91 Å². The lowest BCUT2D eigenvalue weighted by Crippen LogP contribution is -2.25. The number of carbonyl (C=O) groups is 3. The fraction of sp³-hybridized carbons (Fsp3) is 0.261. The molecule has 2 aromatic carbocycles. The molecule has 2 heterocycles. The van der Waals surface area contributed by atoms with Crippen molar-refractivity contribution in [3.8, 4) is 0 Å². The largest absolute Gasteiger partial charge is 0.452 e. The van der Waals surface area contributed by atoms with Crippen molar-refractivity contribution in [2.24, 2.45) is 0 Å². The van der Waals surface area contributed by atoms with Crippen molar-refractivity contribution in [1.29, 1.82) is 0 Å². The number of hydrogen-bond donors (Lipinski definition) is 1. The minimum absolute atomic E-state index is 0.00702. The average molecular weight is 418 g/mol.